The van der Waals surface area contributed by atoms with E-state index in [2.05, 4.69) is 20.4 Å². The van der Waals surface area contributed by atoms with Gasteiger partial charge in [-0.05, 0) is 35.9 Å². The van der Waals surface area contributed by atoms with E-state index in [-0.39, 0.29) is 11.1 Å². The molecule has 4 aromatic rings. The van der Waals surface area contributed by atoms with Crippen LogP contribution in [-0.4, -0.2) is 24.1 Å². The normalized spacial score (nSPS) is 11.0. The number of rotatable bonds is 3. The SMILES string of the molecule is Fc1ccccc1-n1cnc(Nc2nc(Cl)nn3cccc23)c1. The third kappa shape index (κ3) is 2.51. The zero-order valence-electron chi connectivity index (χ0n) is 11.7. The Hall–Kier alpha value is -2.93. The topological polar surface area (TPSA) is 60.0 Å². The molecular weight excluding hydrogens is 319 g/mol. The van der Waals surface area contributed by atoms with Crippen LogP contribution in [0.1, 0.15) is 0 Å². The van der Waals surface area contributed by atoms with E-state index < -0.39 is 0 Å². The lowest BCUT2D eigenvalue weighted by Gasteiger charge is -2.05. The Labute approximate surface area is 135 Å². The summed E-state index contributed by atoms with van der Waals surface area (Å²) in [4.78, 5) is 8.39. The maximum atomic E-state index is 13.8. The van der Waals surface area contributed by atoms with Gasteiger partial charge in [-0.3, -0.25) is 0 Å². The van der Waals surface area contributed by atoms with Gasteiger partial charge in [0.1, 0.15) is 23.5 Å². The van der Waals surface area contributed by atoms with Crippen molar-refractivity contribution in [2.75, 3.05) is 5.32 Å². The molecular formula is C15H10ClFN6. The largest absolute Gasteiger partial charge is 0.322 e. The van der Waals surface area contributed by atoms with Gasteiger partial charge in [-0.2, -0.15) is 4.98 Å². The maximum absolute atomic E-state index is 13.8. The van der Waals surface area contributed by atoms with Gasteiger partial charge in [0.05, 0.1) is 11.9 Å². The average Bonchev–Trinajstić information content (AvgIpc) is 3.17. The predicted octanol–water partition coefficient (Wildman–Crippen LogP) is 3.45. The van der Waals surface area contributed by atoms with Crippen LogP contribution in [0.15, 0.2) is 55.1 Å². The molecule has 1 N–H and O–H groups in total. The van der Waals surface area contributed by atoms with Crippen LogP contribution in [-0.2, 0) is 0 Å². The lowest BCUT2D eigenvalue weighted by molar-refractivity contribution is 0.618. The molecule has 1 aromatic carbocycles. The summed E-state index contributed by atoms with van der Waals surface area (Å²) in [5.41, 5.74) is 1.18. The monoisotopic (exact) mass is 328 g/mol. The molecule has 0 saturated heterocycles. The first-order chi connectivity index (χ1) is 11.2. The third-order valence-electron chi connectivity index (χ3n) is 3.32. The number of fused-ring (bicyclic) bond motifs is 1. The highest BCUT2D eigenvalue weighted by Gasteiger charge is 2.10. The summed E-state index contributed by atoms with van der Waals surface area (Å²) >= 11 is 5.91. The molecule has 0 aliphatic carbocycles. The van der Waals surface area contributed by atoms with Gasteiger partial charge >= 0.3 is 0 Å². The van der Waals surface area contributed by atoms with Crippen LogP contribution >= 0.6 is 11.6 Å². The fourth-order valence-electron chi connectivity index (χ4n) is 2.30. The van der Waals surface area contributed by atoms with Crippen LogP contribution in [0.5, 0.6) is 0 Å². The first kappa shape index (κ1) is 13.7. The van der Waals surface area contributed by atoms with Gasteiger partial charge in [-0.25, -0.2) is 13.9 Å². The van der Waals surface area contributed by atoms with Crippen LogP contribution in [0, 0.1) is 5.82 Å². The molecule has 0 spiro atoms. The van der Waals surface area contributed by atoms with E-state index >= 15 is 0 Å². The van der Waals surface area contributed by atoms with Gasteiger partial charge in [0.25, 0.3) is 0 Å². The van der Waals surface area contributed by atoms with Crippen molar-refractivity contribution in [2.24, 2.45) is 0 Å². The lowest BCUT2D eigenvalue weighted by Crippen LogP contribution is -2.01. The van der Waals surface area contributed by atoms with E-state index in [4.69, 9.17) is 11.6 Å². The average molecular weight is 329 g/mol. The first-order valence-corrected chi connectivity index (χ1v) is 7.15. The highest BCUT2D eigenvalue weighted by atomic mass is 35.5. The van der Waals surface area contributed by atoms with Gasteiger partial charge in [-0.1, -0.05) is 12.1 Å². The lowest BCUT2D eigenvalue weighted by atomic mass is 10.3. The molecule has 114 valence electrons. The van der Waals surface area contributed by atoms with Crippen molar-refractivity contribution in [2.45, 2.75) is 0 Å². The van der Waals surface area contributed by atoms with E-state index in [1.807, 2.05) is 12.1 Å². The molecule has 0 radical (unpaired) electrons. The molecule has 0 aliphatic heterocycles. The van der Waals surface area contributed by atoms with E-state index in [0.717, 1.165) is 5.52 Å². The van der Waals surface area contributed by atoms with Crippen molar-refractivity contribution in [1.82, 2.24) is 24.1 Å². The number of anilines is 2. The molecule has 0 aliphatic rings. The number of nitrogens with one attached hydrogen (secondary N) is 1. The highest BCUT2D eigenvalue weighted by Crippen LogP contribution is 2.21. The summed E-state index contributed by atoms with van der Waals surface area (Å²) in [6, 6.07) is 10.2. The van der Waals surface area contributed by atoms with Gasteiger partial charge in [0.2, 0.25) is 5.28 Å². The smallest absolute Gasteiger partial charge is 0.243 e. The van der Waals surface area contributed by atoms with Gasteiger partial charge < -0.3 is 9.88 Å². The Morgan fingerprint density at radius 3 is 2.87 bits per heavy atom. The Morgan fingerprint density at radius 1 is 1.13 bits per heavy atom. The minimum atomic E-state index is -0.324. The van der Waals surface area contributed by atoms with E-state index in [0.29, 0.717) is 17.3 Å². The van der Waals surface area contributed by atoms with Crippen molar-refractivity contribution in [1.29, 1.82) is 0 Å². The summed E-state index contributed by atoms with van der Waals surface area (Å²) in [5, 5.41) is 7.25. The number of nitrogens with zero attached hydrogens (tertiary/aromatic N) is 5. The molecule has 8 heteroatoms. The second-order valence-electron chi connectivity index (χ2n) is 4.81. The zero-order valence-corrected chi connectivity index (χ0v) is 12.4. The Kier molecular flexibility index (Phi) is 3.20. The summed E-state index contributed by atoms with van der Waals surface area (Å²) in [7, 11) is 0. The second-order valence-corrected chi connectivity index (χ2v) is 5.15. The highest BCUT2D eigenvalue weighted by molar-refractivity contribution is 6.28. The number of aromatic nitrogens is 5. The standard InChI is InChI=1S/C15H10ClFN6/c16-15-20-14(12-6-3-7-23(12)21-15)19-13-8-22(9-18-13)11-5-2-1-4-10(11)17/h1-9H,(H,19,20,21). The Balaban J connectivity index is 1.70. The van der Waals surface area contributed by atoms with E-state index in [9.17, 15) is 4.39 Å². The molecule has 0 atom stereocenters. The molecule has 3 heterocycles. The summed E-state index contributed by atoms with van der Waals surface area (Å²) < 4.78 is 17.0. The molecule has 0 unspecified atom stereocenters. The number of hydrogen-bond donors (Lipinski definition) is 1. The van der Waals surface area contributed by atoms with Crippen molar-refractivity contribution < 1.29 is 4.39 Å². The van der Waals surface area contributed by atoms with Crippen molar-refractivity contribution in [3.05, 3.63) is 66.2 Å². The van der Waals surface area contributed by atoms with Crippen LogP contribution in [0.3, 0.4) is 0 Å². The second kappa shape index (κ2) is 5.36. The molecule has 0 bridgehead atoms. The number of benzene rings is 1. The van der Waals surface area contributed by atoms with Crippen molar-refractivity contribution in [3.8, 4) is 5.69 Å². The first-order valence-electron chi connectivity index (χ1n) is 6.77. The van der Waals surface area contributed by atoms with Crippen molar-refractivity contribution in [3.63, 3.8) is 0 Å². The summed E-state index contributed by atoms with van der Waals surface area (Å²) in [5.74, 6) is 0.718. The predicted molar refractivity (Wildman–Crippen MR) is 84.8 cm³/mol. The minimum Gasteiger partial charge on any atom is -0.322 e. The molecule has 4 rings (SSSR count). The molecule has 0 saturated carbocycles. The number of hydrogen-bond acceptors (Lipinski definition) is 4. The molecule has 0 fully saturated rings. The summed E-state index contributed by atoms with van der Waals surface area (Å²) in [6.07, 6.45) is 4.97. The third-order valence-corrected chi connectivity index (χ3v) is 3.48. The number of halogens is 2. The Bertz CT molecular complexity index is 992. The van der Waals surface area contributed by atoms with Crippen LogP contribution < -0.4 is 5.32 Å². The van der Waals surface area contributed by atoms with E-state index in [1.165, 1.54) is 12.4 Å². The minimum absolute atomic E-state index is 0.115. The molecule has 23 heavy (non-hydrogen) atoms. The fraction of sp³-hybridized carbons (Fsp3) is 0. The molecule has 6 nitrogen and oxygen atoms in total. The summed E-state index contributed by atoms with van der Waals surface area (Å²) in [6.45, 7) is 0. The number of para-hydroxylation sites is 1. The van der Waals surface area contributed by atoms with E-state index in [1.54, 1.807) is 39.7 Å². The fourth-order valence-corrected chi connectivity index (χ4v) is 2.47. The molecule has 0 amide bonds. The van der Waals surface area contributed by atoms with Crippen LogP contribution in [0.2, 0.25) is 5.28 Å². The quantitative estimate of drug-likeness (QED) is 0.625. The van der Waals surface area contributed by atoms with Crippen molar-refractivity contribution >= 4 is 28.8 Å². The number of imidazole rings is 1. The maximum Gasteiger partial charge on any atom is 0.243 e. The van der Waals surface area contributed by atoms with Crippen LogP contribution in [0.25, 0.3) is 11.2 Å². The molecule has 3 aromatic heterocycles. The van der Waals surface area contributed by atoms with Gasteiger partial charge in [0.15, 0.2) is 5.82 Å². The van der Waals surface area contributed by atoms with Gasteiger partial charge in [0, 0.05) is 6.20 Å². The van der Waals surface area contributed by atoms with Crippen LogP contribution in [0.4, 0.5) is 16.0 Å². The van der Waals surface area contributed by atoms with Gasteiger partial charge in [-0.15, -0.1) is 5.10 Å². The Morgan fingerprint density at radius 2 is 2.00 bits per heavy atom. The zero-order chi connectivity index (χ0) is 15.8.